The van der Waals surface area contributed by atoms with Crippen molar-refractivity contribution in [2.45, 2.75) is 6.42 Å². The highest BCUT2D eigenvalue weighted by molar-refractivity contribution is 5.38. The highest BCUT2D eigenvalue weighted by atomic mass is 19.2. The van der Waals surface area contributed by atoms with E-state index < -0.39 is 11.6 Å². The summed E-state index contributed by atoms with van der Waals surface area (Å²) in [4.78, 5) is 7.68. The SMILES string of the molecule is N#Cc1cc(NCCc2ccc(F)c(F)c2)ncn1. The number of rotatable bonds is 4. The molecule has 1 aromatic carbocycles. The molecular formula is C13H10F2N4. The van der Waals surface area contributed by atoms with Crippen LogP contribution in [0.1, 0.15) is 11.3 Å². The number of hydrogen-bond donors (Lipinski definition) is 1. The first kappa shape index (κ1) is 12.9. The van der Waals surface area contributed by atoms with Crippen LogP contribution in [0.4, 0.5) is 14.6 Å². The molecule has 96 valence electrons. The normalized spacial score (nSPS) is 9.95. The van der Waals surface area contributed by atoms with Crippen LogP contribution in [0, 0.1) is 23.0 Å². The van der Waals surface area contributed by atoms with Gasteiger partial charge in [0.15, 0.2) is 11.6 Å². The van der Waals surface area contributed by atoms with E-state index in [4.69, 9.17) is 5.26 Å². The van der Waals surface area contributed by atoms with Gasteiger partial charge in [-0.05, 0) is 24.1 Å². The van der Waals surface area contributed by atoms with Crippen LogP contribution in [0.15, 0.2) is 30.6 Å². The number of nitriles is 1. The largest absolute Gasteiger partial charge is 0.370 e. The van der Waals surface area contributed by atoms with Gasteiger partial charge in [0.05, 0.1) is 0 Å². The molecule has 0 amide bonds. The molecule has 0 aliphatic rings. The van der Waals surface area contributed by atoms with Crippen LogP contribution in [0.3, 0.4) is 0 Å². The molecule has 6 heteroatoms. The fourth-order valence-corrected chi connectivity index (χ4v) is 1.55. The first-order chi connectivity index (χ1) is 9.19. The molecule has 0 atom stereocenters. The van der Waals surface area contributed by atoms with E-state index in [1.165, 1.54) is 18.5 Å². The zero-order chi connectivity index (χ0) is 13.7. The first-order valence-electron chi connectivity index (χ1n) is 5.59. The number of aromatic nitrogens is 2. The number of nitrogens with one attached hydrogen (secondary N) is 1. The van der Waals surface area contributed by atoms with Crippen molar-refractivity contribution >= 4 is 5.82 Å². The Bertz CT molecular complexity index is 622. The molecule has 0 bridgehead atoms. The van der Waals surface area contributed by atoms with Crippen LogP contribution in [0.25, 0.3) is 0 Å². The van der Waals surface area contributed by atoms with Crippen molar-refractivity contribution in [3.63, 3.8) is 0 Å². The lowest BCUT2D eigenvalue weighted by molar-refractivity contribution is 0.507. The maximum Gasteiger partial charge on any atom is 0.159 e. The van der Waals surface area contributed by atoms with Crippen molar-refractivity contribution in [2.75, 3.05) is 11.9 Å². The lowest BCUT2D eigenvalue weighted by Crippen LogP contribution is -2.07. The Hall–Kier alpha value is -2.55. The standard InChI is InChI=1S/C13H10F2N4/c14-11-2-1-9(5-12(11)15)3-4-17-13-6-10(7-16)18-8-19-13/h1-2,5-6,8H,3-4H2,(H,17,18,19). The Labute approximate surface area is 108 Å². The molecule has 0 radical (unpaired) electrons. The van der Waals surface area contributed by atoms with E-state index >= 15 is 0 Å². The summed E-state index contributed by atoms with van der Waals surface area (Å²) < 4.78 is 25.7. The molecule has 1 aromatic heterocycles. The average molecular weight is 260 g/mol. The summed E-state index contributed by atoms with van der Waals surface area (Å²) in [5, 5.41) is 11.7. The number of halogens is 2. The first-order valence-corrected chi connectivity index (χ1v) is 5.59. The molecule has 0 saturated heterocycles. The van der Waals surface area contributed by atoms with Gasteiger partial charge in [0.25, 0.3) is 0 Å². The van der Waals surface area contributed by atoms with Crippen molar-refractivity contribution in [3.05, 3.63) is 53.5 Å². The maximum atomic E-state index is 13.0. The molecule has 0 spiro atoms. The van der Waals surface area contributed by atoms with E-state index in [1.807, 2.05) is 6.07 Å². The van der Waals surface area contributed by atoms with Crippen LogP contribution in [0.2, 0.25) is 0 Å². The molecule has 0 aliphatic carbocycles. The van der Waals surface area contributed by atoms with E-state index in [2.05, 4.69) is 15.3 Å². The highest BCUT2D eigenvalue weighted by Crippen LogP contribution is 2.10. The van der Waals surface area contributed by atoms with Gasteiger partial charge in [-0.3, -0.25) is 0 Å². The van der Waals surface area contributed by atoms with Gasteiger partial charge in [0.2, 0.25) is 0 Å². The van der Waals surface area contributed by atoms with Crippen molar-refractivity contribution in [1.29, 1.82) is 5.26 Å². The smallest absolute Gasteiger partial charge is 0.159 e. The van der Waals surface area contributed by atoms with Crippen LogP contribution >= 0.6 is 0 Å². The van der Waals surface area contributed by atoms with Crippen molar-refractivity contribution in [2.24, 2.45) is 0 Å². The second-order valence-electron chi connectivity index (χ2n) is 3.83. The summed E-state index contributed by atoms with van der Waals surface area (Å²) in [6.45, 7) is 0.493. The fraction of sp³-hybridized carbons (Fsp3) is 0.154. The highest BCUT2D eigenvalue weighted by Gasteiger charge is 2.03. The molecule has 0 fully saturated rings. The Kier molecular flexibility index (Phi) is 3.98. The minimum Gasteiger partial charge on any atom is -0.370 e. The molecule has 19 heavy (non-hydrogen) atoms. The van der Waals surface area contributed by atoms with Crippen molar-refractivity contribution < 1.29 is 8.78 Å². The molecule has 0 unspecified atom stereocenters. The van der Waals surface area contributed by atoms with Gasteiger partial charge in [-0.1, -0.05) is 6.07 Å². The number of nitrogens with zero attached hydrogens (tertiary/aromatic N) is 3. The third-order valence-corrected chi connectivity index (χ3v) is 2.49. The number of hydrogen-bond acceptors (Lipinski definition) is 4. The van der Waals surface area contributed by atoms with E-state index in [0.717, 1.165) is 12.1 Å². The summed E-state index contributed by atoms with van der Waals surface area (Å²) in [5.41, 5.74) is 0.950. The number of benzene rings is 1. The zero-order valence-electron chi connectivity index (χ0n) is 9.90. The monoisotopic (exact) mass is 260 g/mol. The molecule has 0 saturated carbocycles. The van der Waals surface area contributed by atoms with Crippen LogP contribution in [-0.2, 0) is 6.42 Å². The molecule has 0 aliphatic heterocycles. The second kappa shape index (κ2) is 5.87. The van der Waals surface area contributed by atoms with Gasteiger partial charge < -0.3 is 5.32 Å². The Balaban J connectivity index is 1.92. The van der Waals surface area contributed by atoms with Gasteiger partial charge in [-0.25, -0.2) is 18.7 Å². The summed E-state index contributed by atoms with van der Waals surface area (Å²) in [6.07, 6.45) is 1.81. The third-order valence-electron chi connectivity index (χ3n) is 2.49. The van der Waals surface area contributed by atoms with Crippen LogP contribution < -0.4 is 5.32 Å². The van der Waals surface area contributed by atoms with Gasteiger partial charge in [-0.15, -0.1) is 0 Å². The summed E-state index contributed by atoms with van der Waals surface area (Å²) in [7, 11) is 0. The minimum absolute atomic E-state index is 0.269. The lowest BCUT2D eigenvalue weighted by Gasteiger charge is -2.05. The van der Waals surface area contributed by atoms with Crippen molar-refractivity contribution in [3.8, 4) is 6.07 Å². The summed E-state index contributed by atoms with van der Waals surface area (Å²) in [6, 6.07) is 7.22. The van der Waals surface area contributed by atoms with Crippen LogP contribution in [-0.4, -0.2) is 16.5 Å². The van der Waals surface area contributed by atoms with E-state index in [-0.39, 0.29) is 5.69 Å². The Morgan fingerprint density at radius 2 is 2.00 bits per heavy atom. The zero-order valence-corrected chi connectivity index (χ0v) is 9.90. The average Bonchev–Trinajstić information content (AvgIpc) is 2.43. The predicted octanol–water partition coefficient (Wildman–Crippen LogP) is 2.28. The molecule has 1 N–H and O–H groups in total. The fourth-order valence-electron chi connectivity index (χ4n) is 1.55. The quantitative estimate of drug-likeness (QED) is 0.916. The molecule has 1 heterocycles. The van der Waals surface area contributed by atoms with Gasteiger partial charge >= 0.3 is 0 Å². The minimum atomic E-state index is -0.855. The number of anilines is 1. The van der Waals surface area contributed by atoms with E-state index in [9.17, 15) is 8.78 Å². The predicted molar refractivity (Wildman–Crippen MR) is 65.3 cm³/mol. The lowest BCUT2D eigenvalue weighted by atomic mass is 10.1. The Morgan fingerprint density at radius 3 is 2.74 bits per heavy atom. The summed E-state index contributed by atoms with van der Waals surface area (Å²) >= 11 is 0. The molecule has 2 rings (SSSR count). The van der Waals surface area contributed by atoms with Gasteiger partial charge in [-0.2, -0.15) is 5.26 Å². The Morgan fingerprint density at radius 1 is 1.16 bits per heavy atom. The third kappa shape index (κ3) is 3.45. The molecular weight excluding hydrogens is 250 g/mol. The second-order valence-corrected chi connectivity index (χ2v) is 3.83. The van der Waals surface area contributed by atoms with Crippen molar-refractivity contribution in [1.82, 2.24) is 9.97 Å². The van der Waals surface area contributed by atoms with Gasteiger partial charge in [0.1, 0.15) is 23.9 Å². The topological polar surface area (TPSA) is 61.6 Å². The summed E-state index contributed by atoms with van der Waals surface area (Å²) in [5.74, 6) is -1.19. The molecule has 2 aromatic rings. The maximum absolute atomic E-state index is 13.0. The van der Waals surface area contributed by atoms with Gasteiger partial charge in [0, 0.05) is 12.6 Å². The van der Waals surface area contributed by atoms with Crippen LogP contribution in [0.5, 0.6) is 0 Å². The van der Waals surface area contributed by atoms with E-state index in [1.54, 1.807) is 0 Å². The van der Waals surface area contributed by atoms with E-state index in [0.29, 0.717) is 24.3 Å². The molecule has 4 nitrogen and oxygen atoms in total.